The molecule has 24 heavy (non-hydrogen) atoms. The van der Waals surface area contributed by atoms with Crippen molar-refractivity contribution in [3.8, 4) is 0 Å². The number of benzene rings is 1. The largest absolute Gasteiger partial charge is 0.341 e. The Labute approximate surface area is 140 Å². The van der Waals surface area contributed by atoms with Crippen molar-refractivity contribution < 1.29 is 4.79 Å². The van der Waals surface area contributed by atoms with Crippen molar-refractivity contribution in [3.05, 3.63) is 48.7 Å². The summed E-state index contributed by atoms with van der Waals surface area (Å²) in [6, 6.07) is 10.2. The number of hydrogen-bond donors (Lipinski definition) is 0. The van der Waals surface area contributed by atoms with Crippen LogP contribution in [0.5, 0.6) is 0 Å². The van der Waals surface area contributed by atoms with E-state index in [4.69, 9.17) is 0 Å². The smallest absolute Gasteiger partial charge is 0.242 e. The summed E-state index contributed by atoms with van der Waals surface area (Å²) in [6.45, 7) is 1.98. The number of carbonyl (C=O) groups excluding carboxylic acids is 1. The van der Waals surface area contributed by atoms with E-state index in [1.54, 1.807) is 6.33 Å². The van der Waals surface area contributed by atoms with E-state index in [-0.39, 0.29) is 5.91 Å². The number of aromatic nitrogens is 4. The van der Waals surface area contributed by atoms with Crippen molar-refractivity contribution in [2.45, 2.75) is 25.3 Å². The summed E-state index contributed by atoms with van der Waals surface area (Å²) in [6.07, 6.45) is 5.63. The second kappa shape index (κ2) is 6.11. The highest BCUT2D eigenvalue weighted by molar-refractivity contribution is 5.83. The van der Waals surface area contributed by atoms with Crippen molar-refractivity contribution in [3.63, 3.8) is 0 Å². The van der Waals surface area contributed by atoms with Gasteiger partial charge in [-0.1, -0.05) is 18.2 Å². The van der Waals surface area contributed by atoms with Crippen molar-refractivity contribution in [1.29, 1.82) is 0 Å². The quantitative estimate of drug-likeness (QED) is 0.742. The molecule has 0 radical (unpaired) electrons. The maximum Gasteiger partial charge on any atom is 0.242 e. The highest BCUT2D eigenvalue weighted by Gasteiger charge is 2.26. The molecule has 1 aromatic carbocycles. The molecule has 0 saturated carbocycles. The van der Waals surface area contributed by atoms with E-state index in [9.17, 15) is 4.79 Å². The van der Waals surface area contributed by atoms with Crippen LogP contribution in [0.4, 0.5) is 0 Å². The SMILES string of the molecule is Cn1cnnc1C1CCN(C(=O)Cn2ccc3ccccc32)CC1. The standard InChI is InChI=1S/C18H21N5O/c1-21-13-19-20-18(21)15-7-9-22(10-8-15)17(24)12-23-11-6-14-4-2-3-5-16(14)23/h2-6,11,13,15H,7-10,12H2,1H3. The lowest BCUT2D eigenvalue weighted by Gasteiger charge is -2.31. The Hall–Kier alpha value is -2.63. The summed E-state index contributed by atoms with van der Waals surface area (Å²) in [5.41, 5.74) is 1.11. The number of nitrogens with zero attached hydrogens (tertiary/aromatic N) is 5. The first-order chi connectivity index (χ1) is 11.7. The fourth-order valence-electron chi connectivity index (χ4n) is 3.57. The van der Waals surface area contributed by atoms with Gasteiger partial charge in [0, 0.05) is 37.8 Å². The summed E-state index contributed by atoms with van der Waals surface area (Å²) in [5.74, 6) is 1.61. The molecule has 1 saturated heterocycles. The number of para-hydroxylation sites is 1. The molecule has 6 nitrogen and oxygen atoms in total. The van der Waals surface area contributed by atoms with Crippen LogP contribution in [-0.4, -0.2) is 43.2 Å². The lowest BCUT2D eigenvalue weighted by Crippen LogP contribution is -2.40. The van der Waals surface area contributed by atoms with Gasteiger partial charge in [0.1, 0.15) is 18.7 Å². The van der Waals surface area contributed by atoms with Crippen LogP contribution >= 0.6 is 0 Å². The van der Waals surface area contributed by atoms with Crippen LogP contribution in [0.2, 0.25) is 0 Å². The Morgan fingerprint density at radius 3 is 2.75 bits per heavy atom. The summed E-state index contributed by atoms with van der Waals surface area (Å²) < 4.78 is 4.01. The van der Waals surface area contributed by atoms with Gasteiger partial charge < -0.3 is 14.0 Å². The molecule has 124 valence electrons. The van der Waals surface area contributed by atoms with Gasteiger partial charge in [-0.25, -0.2) is 0 Å². The first-order valence-electron chi connectivity index (χ1n) is 8.38. The van der Waals surface area contributed by atoms with Crippen LogP contribution in [0, 0.1) is 0 Å². The topological polar surface area (TPSA) is 56.0 Å². The molecule has 0 unspecified atom stereocenters. The molecule has 3 aromatic rings. The van der Waals surface area contributed by atoms with E-state index in [0.29, 0.717) is 12.5 Å². The van der Waals surface area contributed by atoms with Gasteiger partial charge in [0.15, 0.2) is 0 Å². The van der Waals surface area contributed by atoms with E-state index in [2.05, 4.69) is 28.4 Å². The Morgan fingerprint density at radius 1 is 1.21 bits per heavy atom. The molecule has 0 spiro atoms. The van der Waals surface area contributed by atoms with Gasteiger partial charge in [-0.05, 0) is 30.4 Å². The van der Waals surface area contributed by atoms with Crippen LogP contribution < -0.4 is 0 Å². The molecule has 6 heteroatoms. The molecule has 1 aliphatic heterocycles. The predicted molar refractivity (Wildman–Crippen MR) is 91.5 cm³/mol. The van der Waals surface area contributed by atoms with Crippen molar-refractivity contribution in [2.75, 3.05) is 13.1 Å². The minimum absolute atomic E-state index is 0.188. The molecule has 1 fully saturated rings. The number of hydrogen-bond acceptors (Lipinski definition) is 3. The molecular weight excluding hydrogens is 302 g/mol. The van der Waals surface area contributed by atoms with Gasteiger partial charge in [-0.3, -0.25) is 4.79 Å². The fourth-order valence-corrected chi connectivity index (χ4v) is 3.57. The molecule has 1 aliphatic rings. The number of piperidine rings is 1. The maximum atomic E-state index is 12.6. The number of likely N-dealkylation sites (tertiary alicyclic amines) is 1. The van der Waals surface area contributed by atoms with E-state index >= 15 is 0 Å². The van der Waals surface area contributed by atoms with Crippen molar-refractivity contribution in [2.24, 2.45) is 7.05 Å². The number of aryl methyl sites for hydroxylation is 1. The van der Waals surface area contributed by atoms with Crippen molar-refractivity contribution in [1.82, 2.24) is 24.2 Å². The normalized spacial score (nSPS) is 16.0. The van der Waals surface area contributed by atoms with Gasteiger partial charge in [0.25, 0.3) is 0 Å². The lowest BCUT2D eigenvalue weighted by molar-refractivity contribution is -0.132. The molecule has 3 heterocycles. The zero-order chi connectivity index (χ0) is 16.5. The van der Waals surface area contributed by atoms with E-state index in [0.717, 1.165) is 37.3 Å². The van der Waals surface area contributed by atoms with Gasteiger partial charge in [0.05, 0.1) is 0 Å². The Kier molecular flexibility index (Phi) is 3.80. The van der Waals surface area contributed by atoms with E-state index < -0.39 is 0 Å². The fraction of sp³-hybridized carbons (Fsp3) is 0.389. The molecule has 1 amide bonds. The van der Waals surface area contributed by atoms with Crippen LogP contribution in [0.15, 0.2) is 42.9 Å². The molecule has 2 aromatic heterocycles. The number of amides is 1. The van der Waals surface area contributed by atoms with Crippen LogP contribution in [0.1, 0.15) is 24.6 Å². The second-order valence-electron chi connectivity index (χ2n) is 6.46. The summed E-state index contributed by atoms with van der Waals surface area (Å²) in [7, 11) is 1.98. The molecule has 0 atom stereocenters. The highest BCUT2D eigenvalue weighted by Crippen LogP contribution is 2.26. The zero-order valence-electron chi connectivity index (χ0n) is 13.8. The highest BCUT2D eigenvalue weighted by atomic mass is 16.2. The van der Waals surface area contributed by atoms with Crippen LogP contribution in [0.25, 0.3) is 10.9 Å². The first kappa shape index (κ1) is 14.9. The number of fused-ring (bicyclic) bond motifs is 1. The molecule has 4 rings (SSSR count). The van der Waals surface area contributed by atoms with E-state index in [1.807, 2.05) is 39.4 Å². The second-order valence-corrected chi connectivity index (χ2v) is 6.46. The monoisotopic (exact) mass is 323 g/mol. The minimum Gasteiger partial charge on any atom is -0.341 e. The van der Waals surface area contributed by atoms with Crippen LogP contribution in [-0.2, 0) is 18.4 Å². The number of carbonyl (C=O) groups is 1. The number of rotatable bonds is 3. The third kappa shape index (κ3) is 2.68. The Morgan fingerprint density at radius 2 is 2.00 bits per heavy atom. The van der Waals surface area contributed by atoms with Gasteiger partial charge in [-0.2, -0.15) is 0 Å². The summed E-state index contributed by atoms with van der Waals surface area (Å²) >= 11 is 0. The average molecular weight is 323 g/mol. The summed E-state index contributed by atoms with van der Waals surface area (Å²) in [4.78, 5) is 14.6. The molecule has 0 aliphatic carbocycles. The molecule has 0 N–H and O–H groups in total. The third-order valence-corrected chi connectivity index (χ3v) is 4.95. The van der Waals surface area contributed by atoms with Gasteiger partial charge in [-0.15, -0.1) is 10.2 Å². The molecule has 0 bridgehead atoms. The lowest BCUT2D eigenvalue weighted by atomic mass is 9.96. The average Bonchev–Trinajstić information content (AvgIpc) is 3.22. The third-order valence-electron chi connectivity index (χ3n) is 4.95. The van der Waals surface area contributed by atoms with Crippen LogP contribution in [0.3, 0.4) is 0 Å². The first-order valence-corrected chi connectivity index (χ1v) is 8.38. The van der Waals surface area contributed by atoms with Gasteiger partial charge >= 0.3 is 0 Å². The predicted octanol–water partition coefficient (Wildman–Crippen LogP) is 2.18. The Balaban J connectivity index is 1.40. The molecular formula is C18H21N5O. The maximum absolute atomic E-state index is 12.6. The van der Waals surface area contributed by atoms with Gasteiger partial charge in [0.2, 0.25) is 5.91 Å². The minimum atomic E-state index is 0.188. The Bertz CT molecular complexity index is 857. The zero-order valence-corrected chi connectivity index (χ0v) is 13.8. The van der Waals surface area contributed by atoms with Crippen molar-refractivity contribution >= 4 is 16.8 Å². The summed E-state index contributed by atoms with van der Waals surface area (Å²) in [5, 5.41) is 9.34. The van der Waals surface area contributed by atoms with E-state index in [1.165, 1.54) is 5.39 Å².